The predicted octanol–water partition coefficient (Wildman–Crippen LogP) is 2.79. The van der Waals surface area contributed by atoms with Crippen molar-refractivity contribution < 1.29 is 13.9 Å². The standard InChI is InChI=1S/C13H17F2NO/c14-12(15)10-4-2-9(3-5-10)11(17)13(8-16)6-1-7-13/h2-5,11-12,17H,1,6-8,16H2. The Labute approximate surface area is 99.4 Å². The molecule has 0 saturated heterocycles. The van der Waals surface area contributed by atoms with Gasteiger partial charge in [0.2, 0.25) is 0 Å². The molecule has 0 amide bonds. The summed E-state index contributed by atoms with van der Waals surface area (Å²) in [4.78, 5) is 0. The first-order valence-electron chi connectivity index (χ1n) is 5.85. The Morgan fingerprint density at radius 2 is 1.71 bits per heavy atom. The average molecular weight is 241 g/mol. The highest BCUT2D eigenvalue weighted by Gasteiger charge is 2.42. The molecule has 0 heterocycles. The Balaban J connectivity index is 2.16. The van der Waals surface area contributed by atoms with Gasteiger partial charge >= 0.3 is 0 Å². The molecule has 2 rings (SSSR count). The van der Waals surface area contributed by atoms with E-state index in [4.69, 9.17) is 5.73 Å². The molecule has 1 aromatic carbocycles. The van der Waals surface area contributed by atoms with Crippen molar-refractivity contribution in [3.05, 3.63) is 35.4 Å². The SMILES string of the molecule is NCC1(C(O)c2ccc(C(F)F)cc2)CCC1. The maximum absolute atomic E-state index is 12.4. The van der Waals surface area contributed by atoms with E-state index in [1.165, 1.54) is 12.1 Å². The molecule has 1 saturated carbocycles. The number of aliphatic hydroxyl groups excluding tert-OH is 1. The summed E-state index contributed by atoms with van der Waals surface area (Å²) in [7, 11) is 0. The number of nitrogens with two attached hydrogens (primary N) is 1. The van der Waals surface area contributed by atoms with Crippen LogP contribution < -0.4 is 5.73 Å². The van der Waals surface area contributed by atoms with Crippen molar-refractivity contribution >= 4 is 0 Å². The number of rotatable bonds is 4. The van der Waals surface area contributed by atoms with Crippen LogP contribution in [-0.4, -0.2) is 11.7 Å². The second kappa shape index (κ2) is 4.70. The lowest BCUT2D eigenvalue weighted by Crippen LogP contribution is -2.42. The summed E-state index contributed by atoms with van der Waals surface area (Å²) in [5, 5.41) is 10.3. The van der Waals surface area contributed by atoms with Crippen molar-refractivity contribution in [2.24, 2.45) is 11.1 Å². The Bertz CT molecular complexity index is 368. The van der Waals surface area contributed by atoms with Crippen LogP contribution in [0.4, 0.5) is 8.78 Å². The molecule has 0 aromatic heterocycles. The number of halogens is 2. The van der Waals surface area contributed by atoms with E-state index in [9.17, 15) is 13.9 Å². The lowest BCUT2D eigenvalue weighted by atomic mass is 9.63. The zero-order valence-corrected chi connectivity index (χ0v) is 9.57. The van der Waals surface area contributed by atoms with Crippen LogP contribution >= 0.6 is 0 Å². The summed E-state index contributed by atoms with van der Waals surface area (Å²) in [6.07, 6.45) is -0.229. The molecule has 1 atom stereocenters. The van der Waals surface area contributed by atoms with E-state index in [2.05, 4.69) is 0 Å². The molecule has 0 radical (unpaired) electrons. The van der Waals surface area contributed by atoms with Crippen LogP contribution in [0, 0.1) is 5.41 Å². The molecule has 94 valence electrons. The first kappa shape index (κ1) is 12.5. The summed E-state index contributed by atoms with van der Waals surface area (Å²) in [5.41, 5.74) is 6.12. The van der Waals surface area contributed by atoms with E-state index in [0.29, 0.717) is 12.1 Å². The summed E-state index contributed by atoms with van der Waals surface area (Å²) in [5.74, 6) is 0. The normalized spacial score (nSPS) is 20.1. The molecular formula is C13H17F2NO. The van der Waals surface area contributed by atoms with Crippen molar-refractivity contribution in [1.29, 1.82) is 0 Å². The molecule has 1 aromatic rings. The Morgan fingerprint density at radius 1 is 1.18 bits per heavy atom. The lowest BCUT2D eigenvalue weighted by molar-refractivity contribution is -0.0297. The van der Waals surface area contributed by atoms with Crippen LogP contribution in [0.5, 0.6) is 0 Å². The Hall–Kier alpha value is -1.00. The van der Waals surface area contributed by atoms with Crippen molar-refractivity contribution in [3.8, 4) is 0 Å². The van der Waals surface area contributed by atoms with E-state index in [0.717, 1.165) is 19.3 Å². The van der Waals surface area contributed by atoms with E-state index in [-0.39, 0.29) is 11.0 Å². The van der Waals surface area contributed by atoms with E-state index in [1.807, 2.05) is 0 Å². The zero-order valence-electron chi connectivity index (χ0n) is 9.57. The molecule has 0 aliphatic heterocycles. The highest BCUT2D eigenvalue weighted by molar-refractivity contribution is 5.26. The van der Waals surface area contributed by atoms with Gasteiger partial charge in [0, 0.05) is 17.5 Å². The minimum Gasteiger partial charge on any atom is -0.388 e. The van der Waals surface area contributed by atoms with Gasteiger partial charge < -0.3 is 10.8 Å². The minimum absolute atomic E-state index is 0.0173. The minimum atomic E-state index is -2.46. The van der Waals surface area contributed by atoms with Crippen molar-refractivity contribution in [2.75, 3.05) is 6.54 Å². The van der Waals surface area contributed by atoms with Gasteiger partial charge in [0.05, 0.1) is 6.10 Å². The van der Waals surface area contributed by atoms with Gasteiger partial charge in [0.25, 0.3) is 6.43 Å². The van der Waals surface area contributed by atoms with Gasteiger partial charge in [-0.15, -0.1) is 0 Å². The Kier molecular flexibility index (Phi) is 3.45. The number of hydrogen-bond donors (Lipinski definition) is 2. The van der Waals surface area contributed by atoms with Crippen LogP contribution in [0.2, 0.25) is 0 Å². The van der Waals surface area contributed by atoms with Crippen LogP contribution in [0.1, 0.15) is 42.9 Å². The van der Waals surface area contributed by atoms with Crippen molar-refractivity contribution in [3.63, 3.8) is 0 Å². The third kappa shape index (κ3) is 2.19. The number of alkyl halides is 2. The van der Waals surface area contributed by atoms with Gasteiger partial charge in [-0.25, -0.2) is 8.78 Å². The summed E-state index contributed by atoms with van der Waals surface area (Å²) in [6, 6.07) is 5.88. The molecule has 1 aliphatic carbocycles. The summed E-state index contributed by atoms with van der Waals surface area (Å²) in [6.45, 7) is 0.435. The molecule has 3 N–H and O–H groups in total. The Morgan fingerprint density at radius 3 is 2.06 bits per heavy atom. The highest BCUT2D eigenvalue weighted by Crippen LogP contribution is 2.49. The molecule has 17 heavy (non-hydrogen) atoms. The first-order valence-corrected chi connectivity index (χ1v) is 5.85. The van der Waals surface area contributed by atoms with Gasteiger partial charge in [-0.05, 0) is 18.4 Å². The van der Waals surface area contributed by atoms with E-state index >= 15 is 0 Å². The van der Waals surface area contributed by atoms with Crippen LogP contribution in [-0.2, 0) is 0 Å². The van der Waals surface area contributed by atoms with Gasteiger partial charge in [0.15, 0.2) is 0 Å². The predicted molar refractivity (Wildman–Crippen MR) is 61.7 cm³/mol. The fourth-order valence-corrected chi connectivity index (χ4v) is 2.40. The summed E-state index contributed by atoms with van der Waals surface area (Å²) < 4.78 is 24.8. The van der Waals surface area contributed by atoms with Crippen molar-refractivity contribution in [2.45, 2.75) is 31.8 Å². The van der Waals surface area contributed by atoms with Gasteiger partial charge in [-0.3, -0.25) is 0 Å². The first-order chi connectivity index (χ1) is 8.09. The molecule has 0 spiro atoms. The molecule has 0 bridgehead atoms. The fraction of sp³-hybridized carbons (Fsp3) is 0.538. The molecule has 1 unspecified atom stereocenters. The number of aliphatic hydroxyl groups is 1. The average Bonchev–Trinajstić information content (AvgIpc) is 2.28. The van der Waals surface area contributed by atoms with Gasteiger partial charge in [0.1, 0.15) is 0 Å². The smallest absolute Gasteiger partial charge is 0.263 e. The van der Waals surface area contributed by atoms with Gasteiger partial charge in [-0.1, -0.05) is 30.7 Å². The topological polar surface area (TPSA) is 46.2 Å². The largest absolute Gasteiger partial charge is 0.388 e. The van der Waals surface area contributed by atoms with Crippen LogP contribution in [0.3, 0.4) is 0 Å². The quantitative estimate of drug-likeness (QED) is 0.851. The summed E-state index contributed by atoms with van der Waals surface area (Å²) >= 11 is 0. The second-order valence-corrected chi connectivity index (χ2v) is 4.79. The number of benzene rings is 1. The third-order valence-electron chi connectivity index (χ3n) is 3.84. The molecule has 4 heteroatoms. The fourth-order valence-electron chi connectivity index (χ4n) is 2.40. The maximum Gasteiger partial charge on any atom is 0.263 e. The maximum atomic E-state index is 12.4. The molecular weight excluding hydrogens is 224 g/mol. The molecule has 1 fully saturated rings. The van der Waals surface area contributed by atoms with E-state index < -0.39 is 12.5 Å². The molecule has 2 nitrogen and oxygen atoms in total. The second-order valence-electron chi connectivity index (χ2n) is 4.79. The highest BCUT2D eigenvalue weighted by atomic mass is 19.3. The monoisotopic (exact) mass is 241 g/mol. The van der Waals surface area contributed by atoms with Crippen LogP contribution in [0.15, 0.2) is 24.3 Å². The van der Waals surface area contributed by atoms with Crippen molar-refractivity contribution in [1.82, 2.24) is 0 Å². The van der Waals surface area contributed by atoms with E-state index in [1.54, 1.807) is 12.1 Å². The van der Waals surface area contributed by atoms with Crippen LogP contribution in [0.25, 0.3) is 0 Å². The van der Waals surface area contributed by atoms with Gasteiger partial charge in [-0.2, -0.15) is 0 Å². The molecule has 1 aliphatic rings. The zero-order chi connectivity index (χ0) is 12.5. The lowest BCUT2D eigenvalue weighted by Gasteiger charge is -2.44. The number of hydrogen-bond acceptors (Lipinski definition) is 2. The third-order valence-corrected chi connectivity index (χ3v) is 3.84.